The van der Waals surface area contributed by atoms with Gasteiger partial charge in [0.05, 0.1) is 12.2 Å². The van der Waals surface area contributed by atoms with Crippen molar-refractivity contribution in [2.75, 3.05) is 31.7 Å². The van der Waals surface area contributed by atoms with Gasteiger partial charge in [0.25, 0.3) is 0 Å². The minimum absolute atomic E-state index is 0.705. The number of aromatic nitrogens is 1. The van der Waals surface area contributed by atoms with Gasteiger partial charge in [-0.15, -0.1) is 0 Å². The van der Waals surface area contributed by atoms with Crippen LogP contribution >= 0.6 is 0 Å². The van der Waals surface area contributed by atoms with E-state index in [0.717, 1.165) is 43.7 Å². The fourth-order valence-electron chi connectivity index (χ4n) is 3.17. The molecule has 3 rings (SSSR count). The van der Waals surface area contributed by atoms with Gasteiger partial charge in [-0.05, 0) is 49.3 Å². The molecular formula is C17H21N3O. The number of ether oxygens (including phenoxy) is 1. The Kier molecular flexibility index (Phi) is 4.21. The third kappa shape index (κ3) is 2.93. The molecule has 1 aromatic rings. The lowest BCUT2D eigenvalue weighted by atomic mass is 9.94. The molecule has 0 saturated heterocycles. The highest BCUT2D eigenvalue weighted by Crippen LogP contribution is 2.28. The second kappa shape index (κ2) is 6.28. The first kappa shape index (κ1) is 14.1. The van der Waals surface area contributed by atoms with Gasteiger partial charge in [0, 0.05) is 25.9 Å². The minimum Gasteiger partial charge on any atom is -0.380 e. The van der Waals surface area contributed by atoms with Gasteiger partial charge in [-0.2, -0.15) is 5.26 Å². The Morgan fingerprint density at radius 2 is 2.19 bits per heavy atom. The molecule has 110 valence electrons. The van der Waals surface area contributed by atoms with E-state index in [4.69, 9.17) is 9.72 Å². The van der Waals surface area contributed by atoms with Crippen molar-refractivity contribution in [1.82, 2.24) is 4.98 Å². The van der Waals surface area contributed by atoms with E-state index in [2.05, 4.69) is 23.1 Å². The number of nitriles is 1. The van der Waals surface area contributed by atoms with Crippen molar-refractivity contribution in [2.24, 2.45) is 0 Å². The molecule has 4 nitrogen and oxygen atoms in total. The van der Waals surface area contributed by atoms with Crippen LogP contribution < -0.4 is 4.90 Å². The number of aryl methyl sites for hydroxylation is 2. The van der Waals surface area contributed by atoms with E-state index in [-0.39, 0.29) is 0 Å². The molecular weight excluding hydrogens is 262 g/mol. The summed E-state index contributed by atoms with van der Waals surface area (Å²) in [6, 6.07) is 4.39. The second-order valence-corrected chi connectivity index (χ2v) is 5.78. The van der Waals surface area contributed by atoms with E-state index < -0.39 is 0 Å². The second-order valence-electron chi connectivity index (χ2n) is 5.78. The monoisotopic (exact) mass is 283 g/mol. The molecule has 1 aliphatic heterocycles. The maximum atomic E-state index is 9.43. The number of hydrogen-bond acceptors (Lipinski definition) is 4. The number of pyridine rings is 1. The topological polar surface area (TPSA) is 49.1 Å². The average molecular weight is 283 g/mol. The highest BCUT2D eigenvalue weighted by molar-refractivity contribution is 5.57. The Balaban J connectivity index is 1.87. The molecule has 21 heavy (non-hydrogen) atoms. The molecule has 0 atom stereocenters. The summed E-state index contributed by atoms with van der Waals surface area (Å²) in [6.07, 6.45) is 7.73. The van der Waals surface area contributed by atoms with Crippen molar-refractivity contribution in [1.29, 1.82) is 5.26 Å². The molecule has 4 heteroatoms. The average Bonchev–Trinajstić information content (AvgIpc) is 2.54. The summed E-state index contributed by atoms with van der Waals surface area (Å²) in [4.78, 5) is 7.04. The normalized spacial score (nSPS) is 17.9. The van der Waals surface area contributed by atoms with Gasteiger partial charge in [-0.3, -0.25) is 0 Å². The summed E-state index contributed by atoms with van der Waals surface area (Å²) in [6.45, 7) is 2.44. The standard InChI is InChI=1S/C17H21N3O/c1-21-12-13-6-8-20(9-7-13)17-15(11-18)10-14-4-2-3-5-16(14)19-17/h6,10H,2-5,7-9,12H2,1H3. The number of methoxy groups -OCH3 is 1. The Bertz CT molecular complexity index is 601. The Labute approximate surface area is 126 Å². The van der Waals surface area contributed by atoms with Crippen molar-refractivity contribution in [3.63, 3.8) is 0 Å². The molecule has 2 aliphatic rings. The molecule has 0 aromatic carbocycles. The van der Waals surface area contributed by atoms with Gasteiger partial charge in [0.15, 0.2) is 0 Å². The third-order valence-corrected chi connectivity index (χ3v) is 4.33. The molecule has 0 N–H and O–H groups in total. The summed E-state index contributed by atoms with van der Waals surface area (Å²) in [5, 5.41) is 9.43. The van der Waals surface area contributed by atoms with Gasteiger partial charge >= 0.3 is 0 Å². The highest BCUT2D eigenvalue weighted by atomic mass is 16.5. The van der Waals surface area contributed by atoms with Crippen LogP contribution in [-0.4, -0.2) is 31.8 Å². The van der Waals surface area contributed by atoms with Crippen molar-refractivity contribution in [2.45, 2.75) is 32.1 Å². The van der Waals surface area contributed by atoms with Crippen LogP contribution in [0, 0.1) is 11.3 Å². The van der Waals surface area contributed by atoms with Gasteiger partial charge in [-0.1, -0.05) is 6.08 Å². The van der Waals surface area contributed by atoms with Crippen LogP contribution in [0.4, 0.5) is 5.82 Å². The molecule has 0 spiro atoms. The maximum Gasteiger partial charge on any atom is 0.147 e. The van der Waals surface area contributed by atoms with Gasteiger partial charge in [-0.25, -0.2) is 4.98 Å². The van der Waals surface area contributed by atoms with Crippen LogP contribution in [0.5, 0.6) is 0 Å². The molecule has 0 bridgehead atoms. The van der Waals surface area contributed by atoms with Crippen LogP contribution in [0.2, 0.25) is 0 Å². The Hall–Kier alpha value is -1.86. The number of fused-ring (bicyclic) bond motifs is 1. The first-order valence-corrected chi connectivity index (χ1v) is 7.66. The Morgan fingerprint density at radius 3 is 2.90 bits per heavy atom. The lowest BCUT2D eigenvalue weighted by Crippen LogP contribution is -2.31. The number of rotatable bonds is 3. The van der Waals surface area contributed by atoms with E-state index in [0.29, 0.717) is 6.61 Å². The Morgan fingerprint density at radius 1 is 1.33 bits per heavy atom. The van der Waals surface area contributed by atoms with Gasteiger partial charge in [0.1, 0.15) is 11.9 Å². The number of hydrogen-bond donors (Lipinski definition) is 0. The summed E-state index contributed by atoms with van der Waals surface area (Å²) in [5.41, 5.74) is 4.53. The van der Waals surface area contributed by atoms with E-state index in [1.807, 2.05) is 0 Å². The predicted octanol–water partition coefficient (Wildman–Crippen LogP) is 2.61. The fourth-order valence-corrected chi connectivity index (χ4v) is 3.17. The molecule has 0 saturated carbocycles. The highest BCUT2D eigenvalue weighted by Gasteiger charge is 2.20. The van der Waals surface area contributed by atoms with Gasteiger partial charge < -0.3 is 9.64 Å². The summed E-state index contributed by atoms with van der Waals surface area (Å²) in [7, 11) is 1.73. The summed E-state index contributed by atoms with van der Waals surface area (Å²) >= 11 is 0. The first-order chi connectivity index (χ1) is 10.3. The molecule has 1 aromatic heterocycles. The third-order valence-electron chi connectivity index (χ3n) is 4.33. The molecule has 1 aliphatic carbocycles. The molecule has 0 fully saturated rings. The van der Waals surface area contributed by atoms with Crippen molar-refractivity contribution in [3.8, 4) is 6.07 Å². The van der Waals surface area contributed by atoms with Gasteiger partial charge in [0.2, 0.25) is 0 Å². The predicted molar refractivity (Wildman–Crippen MR) is 82.4 cm³/mol. The maximum absolute atomic E-state index is 9.43. The van der Waals surface area contributed by atoms with E-state index >= 15 is 0 Å². The van der Waals surface area contributed by atoms with Crippen molar-refractivity contribution < 1.29 is 4.74 Å². The van der Waals surface area contributed by atoms with Crippen molar-refractivity contribution in [3.05, 3.63) is 34.5 Å². The largest absolute Gasteiger partial charge is 0.380 e. The van der Waals surface area contributed by atoms with Crippen LogP contribution in [0.25, 0.3) is 0 Å². The molecule has 0 radical (unpaired) electrons. The van der Waals surface area contributed by atoms with E-state index in [9.17, 15) is 5.26 Å². The molecule has 0 unspecified atom stereocenters. The van der Waals surface area contributed by atoms with Crippen LogP contribution in [-0.2, 0) is 17.6 Å². The summed E-state index contributed by atoms with van der Waals surface area (Å²) < 4.78 is 5.19. The quantitative estimate of drug-likeness (QED) is 0.800. The SMILES string of the molecule is COCC1=CCN(c2nc3c(cc2C#N)CCCC3)CC1. The number of anilines is 1. The van der Waals surface area contributed by atoms with Crippen LogP contribution in [0.3, 0.4) is 0 Å². The van der Waals surface area contributed by atoms with E-state index in [1.165, 1.54) is 29.7 Å². The number of nitrogens with zero attached hydrogens (tertiary/aromatic N) is 3. The fraction of sp³-hybridized carbons (Fsp3) is 0.529. The smallest absolute Gasteiger partial charge is 0.147 e. The first-order valence-electron chi connectivity index (χ1n) is 7.66. The van der Waals surface area contributed by atoms with Crippen LogP contribution in [0.1, 0.15) is 36.1 Å². The van der Waals surface area contributed by atoms with Crippen LogP contribution in [0.15, 0.2) is 17.7 Å². The molecule has 2 heterocycles. The zero-order chi connectivity index (χ0) is 14.7. The minimum atomic E-state index is 0.705. The zero-order valence-corrected chi connectivity index (χ0v) is 12.6. The van der Waals surface area contributed by atoms with Crippen molar-refractivity contribution >= 4 is 5.82 Å². The lowest BCUT2D eigenvalue weighted by molar-refractivity contribution is 0.222. The molecule has 0 amide bonds. The van der Waals surface area contributed by atoms with E-state index in [1.54, 1.807) is 7.11 Å². The summed E-state index contributed by atoms with van der Waals surface area (Å²) in [5.74, 6) is 0.867. The lowest BCUT2D eigenvalue weighted by Gasteiger charge is -2.29. The zero-order valence-electron chi connectivity index (χ0n) is 12.6.